The Bertz CT molecular complexity index is 773. The first-order chi connectivity index (χ1) is 12.0. The fourth-order valence-electron chi connectivity index (χ4n) is 1.96. The minimum atomic E-state index is -2.98. The van der Waals surface area contributed by atoms with Crippen molar-refractivity contribution in [3.8, 4) is 5.75 Å². The summed E-state index contributed by atoms with van der Waals surface area (Å²) in [6, 6.07) is 12.3. The molecule has 0 unspecified atom stereocenters. The second kappa shape index (κ2) is 8.58. The Morgan fingerprint density at radius 1 is 1.08 bits per heavy atom. The molecule has 1 N–H and O–H groups in total. The summed E-state index contributed by atoms with van der Waals surface area (Å²) in [5.41, 5.74) is 1.21. The van der Waals surface area contributed by atoms with Gasteiger partial charge in [0.05, 0.1) is 18.4 Å². The van der Waals surface area contributed by atoms with E-state index in [0.29, 0.717) is 11.1 Å². The van der Waals surface area contributed by atoms with Gasteiger partial charge in [0.15, 0.2) is 0 Å². The molecular weight excluding hydrogens is 332 g/mol. The summed E-state index contributed by atoms with van der Waals surface area (Å²) >= 11 is 0. The number of nitrogens with one attached hydrogen (secondary N) is 1. The molecule has 5 nitrogen and oxygen atoms in total. The number of anilines is 1. The van der Waals surface area contributed by atoms with Crippen LogP contribution < -0.4 is 10.1 Å². The average molecular weight is 347 g/mol. The van der Waals surface area contributed by atoms with Crippen LogP contribution in [0.2, 0.25) is 0 Å². The number of hydrogen-bond donors (Lipinski definition) is 1. The van der Waals surface area contributed by atoms with Crippen LogP contribution in [0.1, 0.15) is 15.9 Å². The Hall–Kier alpha value is -3.22. The van der Waals surface area contributed by atoms with Gasteiger partial charge in [-0.15, -0.1) is 0 Å². The maximum atomic E-state index is 12.3. The highest BCUT2D eigenvalue weighted by molar-refractivity contribution is 6.02. The number of halogens is 2. The van der Waals surface area contributed by atoms with Crippen molar-refractivity contribution in [2.75, 3.05) is 12.4 Å². The lowest BCUT2D eigenvalue weighted by atomic mass is 10.1. The number of amides is 1. The molecule has 0 radical (unpaired) electrons. The Balaban J connectivity index is 2.03. The van der Waals surface area contributed by atoms with Crippen molar-refractivity contribution in [3.63, 3.8) is 0 Å². The number of ether oxygens (including phenoxy) is 2. The van der Waals surface area contributed by atoms with E-state index in [1.54, 1.807) is 30.3 Å². The SMILES string of the molecule is COC(=O)c1ccc(/C=C/C(=O)Nc2ccccc2OC(F)F)cc1. The Kier molecular flexibility index (Phi) is 6.22. The van der Waals surface area contributed by atoms with Crippen LogP contribution in [0.5, 0.6) is 5.75 Å². The van der Waals surface area contributed by atoms with Crippen LogP contribution in [-0.4, -0.2) is 25.6 Å². The molecule has 0 aliphatic rings. The minimum absolute atomic E-state index is 0.123. The smallest absolute Gasteiger partial charge is 0.387 e. The number of rotatable bonds is 6. The highest BCUT2D eigenvalue weighted by Gasteiger charge is 2.10. The standard InChI is InChI=1S/C18H15F2NO4/c1-24-17(23)13-9-6-12(7-10-13)8-11-16(22)21-14-4-2-3-5-15(14)25-18(19)20/h2-11,18H,1H3,(H,21,22)/b11-8+. The van der Waals surface area contributed by atoms with Gasteiger partial charge in [0.1, 0.15) is 5.75 Å². The second-order valence-electron chi connectivity index (χ2n) is 4.81. The molecule has 0 heterocycles. The third-order valence-electron chi connectivity index (χ3n) is 3.12. The maximum Gasteiger partial charge on any atom is 0.387 e. The second-order valence-corrected chi connectivity index (χ2v) is 4.81. The molecule has 130 valence electrons. The number of para-hydroxylation sites is 2. The molecule has 0 fully saturated rings. The molecule has 0 saturated heterocycles. The Labute approximate surface area is 142 Å². The summed E-state index contributed by atoms with van der Waals surface area (Å²) in [6.07, 6.45) is 2.76. The molecule has 2 aromatic carbocycles. The van der Waals surface area contributed by atoms with E-state index in [1.807, 2.05) is 0 Å². The van der Waals surface area contributed by atoms with Crippen LogP contribution in [0.4, 0.5) is 14.5 Å². The van der Waals surface area contributed by atoms with Gasteiger partial charge in [0.2, 0.25) is 5.91 Å². The Morgan fingerprint density at radius 3 is 2.40 bits per heavy atom. The van der Waals surface area contributed by atoms with Crippen molar-refractivity contribution in [3.05, 3.63) is 65.7 Å². The number of carbonyl (C=O) groups is 2. The molecule has 0 spiro atoms. The predicted molar refractivity (Wildman–Crippen MR) is 88.5 cm³/mol. The van der Waals surface area contributed by atoms with E-state index in [-0.39, 0.29) is 11.4 Å². The zero-order valence-electron chi connectivity index (χ0n) is 13.2. The van der Waals surface area contributed by atoms with Crippen LogP contribution in [0.3, 0.4) is 0 Å². The summed E-state index contributed by atoms with van der Waals surface area (Å²) < 4.78 is 33.6. The molecule has 2 rings (SSSR count). The molecule has 0 aliphatic carbocycles. The first kappa shape index (κ1) is 18.1. The van der Waals surface area contributed by atoms with Gasteiger partial charge < -0.3 is 14.8 Å². The summed E-state index contributed by atoms with van der Waals surface area (Å²) in [5, 5.41) is 2.47. The summed E-state index contributed by atoms with van der Waals surface area (Å²) in [4.78, 5) is 23.3. The van der Waals surface area contributed by atoms with E-state index in [1.165, 1.54) is 37.5 Å². The monoisotopic (exact) mass is 347 g/mol. The highest BCUT2D eigenvalue weighted by Crippen LogP contribution is 2.25. The summed E-state index contributed by atoms with van der Waals surface area (Å²) in [6.45, 7) is -2.98. The van der Waals surface area contributed by atoms with Gasteiger partial charge in [0.25, 0.3) is 0 Å². The van der Waals surface area contributed by atoms with Crippen molar-refractivity contribution in [1.29, 1.82) is 0 Å². The third-order valence-corrected chi connectivity index (χ3v) is 3.12. The number of methoxy groups -OCH3 is 1. The third kappa shape index (κ3) is 5.42. The van der Waals surface area contributed by atoms with E-state index in [9.17, 15) is 18.4 Å². The topological polar surface area (TPSA) is 64.6 Å². The van der Waals surface area contributed by atoms with E-state index in [4.69, 9.17) is 0 Å². The van der Waals surface area contributed by atoms with Crippen molar-refractivity contribution in [1.82, 2.24) is 0 Å². The minimum Gasteiger partial charge on any atom is -0.465 e. The van der Waals surface area contributed by atoms with Gasteiger partial charge in [-0.2, -0.15) is 8.78 Å². The lowest BCUT2D eigenvalue weighted by Crippen LogP contribution is -2.11. The van der Waals surface area contributed by atoms with Crippen molar-refractivity contribution < 1.29 is 27.8 Å². The van der Waals surface area contributed by atoms with Crippen LogP contribution >= 0.6 is 0 Å². The van der Waals surface area contributed by atoms with E-state index >= 15 is 0 Å². The van der Waals surface area contributed by atoms with E-state index in [2.05, 4.69) is 14.8 Å². The zero-order valence-corrected chi connectivity index (χ0v) is 13.2. The molecule has 0 atom stereocenters. The normalized spacial score (nSPS) is 10.7. The van der Waals surface area contributed by atoms with Crippen molar-refractivity contribution >= 4 is 23.6 Å². The molecule has 0 aromatic heterocycles. The molecule has 0 bridgehead atoms. The molecular formula is C18H15F2NO4. The number of carbonyl (C=O) groups excluding carboxylic acids is 2. The first-order valence-corrected chi connectivity index (χ1v) is 7.21. The quantitative estimate of drug-likeness (QED) is 0.639. The van der Waals surface area contributed by atoms with Gasteiger partial charge in [-0.3, -0.25) is 4.79 Å². The van der Waals surface area contributed by atoms with Gasteiger partial charge >= 0.3 is 12.6 Å². The molecule has 0 aliphatic heterocycles. The molecule has 7 heteroatoms. The number of alkyl halides is 2. The first-order valence-electron chi connectivity index (χ1n) is 7.21. The number of hydrogen-bond acceptors (Lipinski definition) is 4. The largest absolute Gasteiger partial charge is 0.465 e. The van der Waals surface area contributed by atoms with Crippen LogP contribution in [0.15, 0.2) is 54.6 Å². The van der Waals surface area contributed by atoms with Crippen molar-refractivity contribution in [2.45, 2.75) is 6.61 Å². The summed E-state index contributed by atoms with van der Waals surface area (Å²) in [5.74, 6) is -1.09. The Morgan fingerprint density at radius 2 is 1.76 bits per heavy atom. The fraction of sp³-hybridized carbons (Fsp3) is 0.111. The number of esters is 1. The van der Waals surface area contributed by atoms with Crippen LogP contribution in [0.25, 0.3) is 6.08 Å². The highest BCUT2D eigenvalue weighted by atomic mass is 19.3. The molecule has 0 saturated carbocycles. The van der Waals surface area contributed by atoms with E-state index in [0.717, 1.165) is 0 Å². The molecule has 25 heavy (non-hydrogen) atoms. The summed E-state index contributed by atoms with van der Waals surface area (Å²) in [7, 11) is 1.29. The van der Waals surface area contributed by atoms with Gasteiger partial charge in [0, 0.05) is 6.08 Å². The molecule has 1 amide bonds. The lowest BCUT2D eigenvalue weighted by molar-refractivity contribution is -0.111. The zero-order chi connectivity index (χ0) is 18.2. The predicted octanol–water partition coefficient (Wildman–Crippen LogP) is 3.73. The average Bonchev–Trinajstić information content (AvgIpc) is 2.61. The van der Waals surface area contributed by atoms with Gasteiger partial charge in [-0.05, 0) is 35.9 Å². The maximum absolute atomic E-state index is 12.3. The van der Waals surface area contributed by atoms with Crippen molar-refractivity contribution in [2.24, 2.45) is 0 Å². The lowest BCUT2D eigenvalue weighted by Gasteiger charge is -2.10. The van der Waals surface area contributed by atoms with Gasteiger partial charge in [-0.1, -0.05) is 24.3 Å². The molecule has 2 aromatic rings. The van der Waals surface area contributed by atoms with Crippen LogP contribution in [0, 0.1) is 0 Å². The van der Waals surface area contributed by atoms with E-state index < -0.39 is 18.5 Å². The van der Waals surface area contributed by atoms with Crippen LogP contribution in [-0.2, 0) is 9.53 Å². The van der Waals surface area contributed by atoms with Gasteiger partial charge in [-0.25, -0.2) is 4.79 Å². The number of benzene rings is 2. The fourth-order valence-corrected chi connectivity index (χ4v) is 1.96.